The molecule has 0 aliphatic rings. The van der Waals surface area contributed by atoms with Crippen LogP contribution >= 0.6 is 0 Å². The normalized spacial score (nSPS) is 12.1. The van der Waals surface area contributed by atoms with Crippen LogP contribution in [0, 0.1) is 0 Å². The van der Waals surface area contributed by atoms with Gasteiger partial charge in [0.2, 0.25) is 5.91 Å². The summed E-state index contributed by atoms with van der Waals surface area (Å²) in [6, 6.07) is 0. The highest BCUT2D eigenvalue weighted by Gasteiger charge is 2.07. The summed E-state index contributed by atoms with van der Waals surface area (Å²) in [7, 11) is 1.44. The van der Waals surface area contributed by atoms with Gasteiger partial charge in [0.1, 0.15) is 0 Å². The third kappa shape index (κ3) is 7.51. The number of carbonyl (C=O) groups is 2. The molecule has 6 nitrogen and oxygen atoms in total. The van der Waals surface area contributed by atoms with Gasteiger partial charge in [-0.05, 0) is 0 Å². The topological polar surface area (TPSA) is 95.9 Å². The first-order chi connectivity index (χ1) is 6.56. The monoisotopic (exact) mass is 205 g/mol. The summed E-state index contributed by atoms with van der Waals surface area (Å²) in [6.07, 6.45) is -1.03. The van der Waals surface area contributed by atoms with Gasteiger partial charge in [0, 0.05) is 20.1 Å². The highest BCUT2D eigenvalue weighted by molar-refractivity contribution is 5.80. The van der Waals surface area contributed by atoms with Crippen molar-refractivity contribution in [2.75, 3.05) is 20.3 Å². The number of aliphatic hydroxyl groups is 1. The van der Waals surface area contributed by atoms with Gasteiger partial charge in [-0.15, -0.1) is 0 Å². The lowest BCUT2D eigenvalue weighted by Gasteiger charge is -2.09. The summed E-state index contributed by atoms with van der Waals surface area (Å²) in [5, 5.41) is 19.8. The molecule has 82 valence electrons. The van der Waals surface area contributed by atoms with E-state index in [9.17, 15) is 9.59 Å². The largest absolute Gasteiger partial charge is 0.481 e. The van der Waals surface area contributed by atoms with Crippen LogP contribution in [-0.2, 0) is 14.3 Å². The van der Waals surface area contributed by atoms with Gasteiger partial charge in [0.15, 0.2) is 0 Å². The van der Waals surface area contributed by atoms with Gasteiger partial charge in [-0.3, -0.25) is 9.59 Å². The zero-order chi connectivity index (χ0) is 11.0. The molecule has 3 N–H and O–H groups in total. The van der Waals surface area contributed by atoms with E-state index in [1.54, 1.807) is 0 Å². The fraction of sp³-hybridized carbons (Fsp3) is 0.750. The third-order valence-corrected chi connectivity index (χ3v) is 1.46. The van der Waals surface area contributed by atoms with E-state index in [-0.39, 0.29) is 31.9 Å². The van der Waals surface area contributed by atoms with Gasteiger partial charge >= 0.3 is 5.97 Å². The second-order valence-corrected chi connectivity index (χ2v) is 2.81. The standard InChI is InChI=1S/C8H15NO5/c1-14-5-6(10)4-9-7(11)2-3-8(12)13/h6,10H,2-5H2,1H3,(H,9,11)(H,12,13). The fourth-order valence-corrected chi connectivity index (χ4v) is 0.792. The van der Waals surface area contributed by atoms with E-state index in [1.165, 1.54) is 7.11 Å². The number of aliphatic hydroxyl groups excluding tert-OH is 1. The Morgan fingerprint density at radius 3 is 2.57 bits per heavy atom. The lowest BCUT2D eigenvalue weighted by Crippen LogP contribution is -2.34. The molecule has 0 aromatic rings. The van der Waals surface area contributed by atoms with Crippen LogP contribution in [-0.4, -0.2) is 48.5 Å². The first kappa shape index (κ1) is 12.9. The molecule has 0 saturated carbocycles. The number of aliphatic carboxylic acids is 1. The molecule has 1 unspecified atom stereocenters. The van der Waals surface area contributed by atoms with E-state index in [1.807, 2.05) is 0 Å². The summed E-state index contributed by atoms with van der Waals surface area (Å²) < 4.78 is 4.64. The molecule has 14 heavy (non-hydrogen) atoms. The number of ether oxygens (including phenoxy) is 1. The van der Waals surface area contributed by atoms with Crippen molar-refractivity contribution in [3.05, 3.63) is 0 Å². The average molecular weight is 205 g/mol. The van der Waals surface area contributed by atoms with Crippen LogP contribution in [0.2, 0.25) is 0 Å². The van der Waals surface area contributed by atoms with Gasteiger partial charge < -0.3 is 20.3 Å². The highest BCUT2D eigenvalue weighted by atomic mass is 16.5. The number of rotatable bonds is 7. The number of hydrogen-bond donors (Lipinski definition) is 3. The molecule has 1 amide bonds. The molecule has 0 radical (unpaired) electrons. The van der Waals surface area contributed by atoms with E-state index in [4.69, 9.17) is 10.2 Å². The predicted molar refractivity (Wildman–Crippen MR) is 47.8 cm³/mol. The van der Waals surface area contributed by atoms with Crippen molar-refractivity contribution >= 4 is 11.9 Å². The zero-order valence-corrected chi connectivity index (χ0v) is 8.02. The number of nitrogens with one attached hydrogen (secondary N) is 1. The highest BCUT2D eigenvalue weighted by Crippen LogP contribution is 1.89. The lowest BCUT2D eigenvalue weighted by atomic mass is 10.3. The molecule has 0 fully saturated rings. The average Bonchev–Trinajstić information content (AvgIpc) is 2.12. The van der Waals surface area contributed by atoms with Crippen molar-refractivity contribution in [3.63, 3.8) is 0 Å². The van der Waals surface area contributed by atoms with Crippen molar-refractivity contribution in [2.45, 2.75) is 18.9 Å². The van der Waals surface area contributed by atoms with E-state index in [2.05, 4.69) is 10.1 Å². The second kappa shape index (κ2) is 7.28. The molecule has 0 aliphatic heterocycles. The van der Waals surface area contributed by atoms with Crippen molar-refractivity contribution in [1.82, 2.24) is 5.32 Å². The molecule has 1 atom stereocenters. The van der Waals surface area contributed by atoms with Crippen molar-refractivity contribution in [1.29, 1.82) is 0 Å². The maximum Gasteiger partial charge on any atom is 0.303 e. The van der Waals surface area contributed by atoms with Gasteiger partial charge in [0.05, 0.1) is 19.1 Å². The molecule has 0 rings (SSSR count). The minimum Gasteiger partial charge on any atom is -0.481 e. The number of amides is 1. The summed E-state index contributed by atoms with van der Waals surface area (Å²) >= 11 is 0. The maximum absolute atomic E-state index is 10.9. The maximum atomic E-state index is 10.9. The molecule has 0 aromatic heterocycles. The van der Waals surface area contributed by atoms with E-state index >= 15 is 0 Å². The van der Waals surface area contributed by atoms with Gasteiger partial charge in [-0.1, -0.05) is 0 Å². The van der Waals surface area contributed by atoms with Gasteiger partial charge in [-0.25, -0.2) is 0 Å². The van der Waals surface area contributed by atoms with Crippen LogP contribution in [0.15, 0.2) is 0 Å². The third-order valence-electron chi connectivity index (χ3n) is 1.46. The SMILES string of the molecule is COCC(O)CNC(=O)CCC(=O)O. The molecular formula is C8H15NO5. The Labute approximate surface area is 81.9 Å². The smallest absolute Gasteiger partial charge is 0.303 e. The number of hydrogen-bond acceptors (Lipinski definition) is 4. The quantitative estimate of drug-likeness (QED) is 0.494. The summed E-state index contributed by atoms with van der Waals surface area (Å²) in [5.74, 6) is -1.40. The van der Waals surface area contributed by atoms with Crippen molar-refractivity contribution in [2.24, 2.45) is 0 Å². The molecular weight excluding hydrogens is 190 g/mol. The minimum absolute atomic E-state index is 0.0744. The lowest BCUT2D eigenvalue weighted by molar-refractivity contribution is -0.138. The number of carboxylic acid groups (broad SMARTS) is 1. The molecule has 0 bridgehead atoms. The Bertz CT molecular complexity index is 194. The van der Waals surface area contributed by atoms with Crippen LogP contribution in [0.25, 0.3) is 0 Å². The van der Waals surface area contributed by atoms with Crippen molar-refractivity contribution in [3.8, 4) is 0 Å². The minimum atomic E-state index is -1.02. The predicted octanol–water partition coefficient (Wildman–Crippen LogP) is -1.03. The Kier molecular flexibility index (Phi) is 6.69. The molecule has 0 aliphatic carbocycles. The molecule has 0 saturated heterocycles. The molecule has 6 heteroatoms. The van der Waals surface area contributed by atoms with E-state index < -0.39 is 12.1 Å². The van der Waals surface area contributed by atoms with E-state index in [0.717, 1.165) is 0 Å². The Balaban J connectivity index is 3.48. The second-order valence-electron chi connectivity index (χ2n) is 2.81. The van der Waals surface area contributed by atoms with Crippen LogP contribution in [0.4, 0.5) is 0 Å². The Morgan fingerprint density at radius 2 is 2.07 bits per heavy atom. The van der Waals surface area contributed by atoms with Crippen LogP contribution in [0.3, 0.4) is 0 Å². The van der Waals surface area contributed by atoms with Crippen LogP contribution < -0.4 is 5.32 Å². The first-order valence-electron chi connectivity index (χ1n) is 4.21. The zero-order valence-electron chi connectivity index (χ0n) is 8.02. The van der Waals surface area contributed by atoms with Gasteiger partial charge in [-0.2, -0.15) is 0 Å². The van der Waals surface area contributed by atoms with Crippen LogP contribution in [0.5, 0.6) is 0 Å². The summed E-state index contributed by atoms with van der Waals surface area (Å²) in [4.78, 5) is 21.0. The van der Waals surface area contributed by atoms with E-state index in [0.29, 0.717) is 0 Å². The Morgan fingerprint density at radius 1 is 1.43 bits per heavy atom. The van der Waals surface area contributed by atoms with Gasteiger partial charge in [0.25, 0.3) is 0 Å². The first-order valence-corrected chi connectivity index (χ1v) is 4.21. The Hall–Kier alpha value is -1.14. The summed E-state index contributed by atoms with van der Waals surface area (Å²) in [5.41, 5.74) is 0. The fourth-order valence-electron chi connectivity index (χ4n) is 0.792. The molecule has 0 aromatic carbocycles. The molecule has 0 spiro atoms. The number of carbonyl (C=O) groups excluding carboxylic acids is 1. The van der Waals surface area contributed by atoms with Crippen molar-refractivity contribution < 1.29 is 24.5 Å². The molecule has 0 heterocycles. The summed E-state index contributed by atoms with van der Waals surface area (Å²) in [6.45, 7) is 0.214. The number of methoxy groups -OCH3 is 1. The number of carboxylic acids is 1. The van der Waals surface area contributed by atoms with Crippen LogP contribution in [0.1, 0.15) is 12.8 Å².